The molecule has 0 saturated heterocycles. The number of benzene rings is 1. The summed E-state index contributed by atoms with van der Waals surface area (Å²) < 4.78 is 25.6. The predicted molar refractivity (Wildman–Crippen MR) is 83.9 cm³/mol. The van der Waals surface area contributed by atoms with E-state index in [9.17, 15) is 13.2 Å². The summed E-state index contributed by atoms with van der Waals surface area (Å²) >= 11 is 0. The van der Waals surface area contributed by atoms with Crippen LogP contribution in [0.15, 0.2) is 46.2 Å². The third-order valence-electron chi connectivity index (χ3n) is 7.60. The largest absolute Gasteiger partial charge is 0.299 e. The highest BCUT2D eigenvalue weighted by Gasteiger charge is 2.78. The van der Waals surface area contributed by atoms with Crippen LogP contribution in [0.3, 0.4) is 0 Å². The second-order valence-electron chi connectivity index (χ2n) is 8.09. The molecule has 0 aliphatic heterocycles. The number of Topliss-reactive ketones (excluding diaryl/α,β-unsaturated/α-hetero) is 1. The van der Waals surface area contributed by atoms with Gasteiger partial charge in [0.15, 0.2) is 9.84 Å². The average Bonchev–Trinajstić information content (AvgIpc) is 3.14. The average molecular weight is 326 g/mol. The maximum atomic E-state index is 12.8. The number of sulfone groups is 1. The molecule has 0 bridgehead atoms. The molecule has 118 valence electrons. The van der Waals surface area contributed by atoms with Crippen LogP contribution in [-0.2, 0) is 14.6 Å². The Bertz CT molecular complexity index is 835. The van der Waals surface area contributed by atoms with Gasteiger partial charge in [-0.05, 0) is 60.5 Å². The van der Waals surface area contributed by atoms with Gasteiger partial charge in [-0.2, -0.15) is 0 Å². The Labute approximate surface area is 135 Å². The number of allylic oxidation sites excluding steroid dienone is 1. The lowest BCUT2D eigenvalue weighted by atomic mass is 9.60. The van der Waals surface area contributed by atoms with Crippen LogP contribution in [0.25, 0.3) is 0 Å². The van der Waals surface area contributed by atoms with Crippen LogP contribution in [0.2, 0.25) is 0 Å². The number of carbonyl (C=O) groups excluding carboxylic acids is 1. The summed E-state index contributed by atoms with van der Waals surface area (Å²) in [5.74, 6) is 4.16. The minimum atomic E-state index is -3.37. The summed E-state index contributed by atoms with van der Waals surface area (Å²) in [6, 6.07) is 8.73. The minimum Gasteiger partial charge on any atom is -0.299 e. The highest BCUT2D eigenvalue weighted by atomic mass is 32.2. The van der Waals surface area contributed by atoms with E-state index in [2.05, 4.69) is 0 Å². The molecule has 6 rings (SSSR count). The van der Waals surface area contributed by atoms with Gasteiger partial charge < -0.3 is 0 Å². The molecule has 0 spiro atoms. The van der Waals surface area contributed by atoms with Gasteiger partial charge in [-0.1, -0.05) is 23.8 Å². The van der Waals surface area contributed by atoms with Crippen molar-refractivity contribution >= 4 is 15.6 Å². The number of hydrogen-bond acceptors (Lipinski definition) is 3. The van der Waals surface area contributed by atoms with Crippen molar-refractivity contribution in [1.29, 1.82) is 0 Å². The van der Waals surface area contributed by atoms with E-state index in [4.69, 9.17) is 0 Å². The number of hydrogen-bond donors (Lipinski definition) is 0. The SMILES string of the molecule is O=C1C2CC3C(=CS(=O)(=O)c4ccccc4)C4CC1C1C2C3C41. The highest BCUT2D eigenvalue weighted by molar-refractivity contribution is 7.94. The molecule has 0 N–H and O–H groups in total. The lowest BCUT2D eigenvalue weighted by Crippen LogP contribution is -2.41. The molecule has 1 aromatic carbocycles. The van der Waals surface area contributed by atoms with E-state index >= 15 is 0 Å². The molecule has 8 unspecified atom stereocenters. The summed E-state index contributed by atoms with van der Waals surface area (Å²) in [4.78, 5) is 12.9. The molecule has 0 amide bonds. The lowest BCUT2D eigenvalue weighted by Gasteiger charge is -2.43. The second-order valence-corrected chi connectivity index (χ2v) is 9.88. The maximum Gasteiger partial charge on any atom is 0.199 e. The van der Waals surface area contributed by atoms with Gasteiger partial charge in [-0.15, -0.1) is 0 Å². The zero-order valence-corrected chi connectivity index (χ0v) is 13.4. The van der Waals surface area contributed by atoms with Gasteiger partial charge in [0.2, 0.25) is 0 Å². The third-order valence-corrected chi connectivity index (χ3v) is 9.11. The molecule has 3 nitrogen and oxygen atoms in total. The lowest BCUT2D eigenvalue weighted by molar-refractivity contribution is -0.124. The van der Waals surface area contributed by atoms with E-state index in [1.807, 2.05) is 6.07 Å². The van der Waals surface area contributed by atoms with Crippen molar-refractivity contribution in [2.45, 2.75) is 17.7 Å². The first-order valence-corrected chi connectivity index (χ1v) is 10.2. The molecular weight excluding hydrogens is 308 g/mol. The van der Waals surface area contributed by atoms with E-state index in [0.717, 1.165) is 18.4 Å². The molecule has 8 atom stereocenters. The van der Waals surface area contributed by atoms with E-state index in [1.54, 1.807) is 29.7 Å². The maximum absolute atomic E-state index is 12.8. The first-order chi connectivity index (χ1) is 11.1. The molecule has 5 saturated carbocycles. The molecule has 0 heterocycles. The molecule has 4 heteroatoms. The fourth-order valence-electron chi connectivity index (χ4n) is 7.11. The van der Waals surface area contributed by atoms with E-state index < -0.39 is 9.84 Å². The first kappa shape index (κ1) is 12.9. The first-order valence-electron chi connectivity index (χ1n) is 8.63. The Morgan fingerprint density at radius 2 is 1.35 bits per heavy atom. The highest BCUT2D eigenvalue weighted by Crippen LogP contribution is 2.80. The topological polar surface area (TPSA) is 51.2 Å². The Hall–Kier alpha value is -1.42. The zero-order valence-electron chi connectivity index (χ0n) is 12.6. The van der Waals surface area contributed by atoms with Gasteiger partial charge >= 0.3 is 0 Å². The van der Waals surface area contributed by atoms with Crippen LogP contribution in [0.4, 0.5) is 0 Å². The normalized spacial score (nSPS) is 48.0. The molecular formula is C19H18O3S. The molecule has 0 radical (unpaired) electrons. The van der Waals surface area contributed by atoms with Gasteiger partial charge in [-0.25, -0.2) is 8.42 Å². The van der Waals surface area contributed by atoms with Crippen LogP contribution in [0.1, 0.15) is 12.8 Å². The quantitative estimate of drug-likeness (QED) is 0.839. The minimum absolute atomic E-state index is 0.250. The van der Waals surface area contributed by atoms with Crippen molar-refractivity contribution in [1.82, 2.24) is 0 Å². The molecule has 23 heavy (non-hydrogen) atoms. The summed E-state index contributed by atoms with van der Waals surface area (Å²) in [5.41, 5.74) is 1.16. The van der Waals surface area contributed by atoms with Crippen molar-refractivity contribution in [3.05, 3.63) is 41.3 Å². The second kappa shape index (κ2) is 3.80. The summed E-state index contributed by atoms with van der Waals surface area (Å²) in [6.07, 6.45) is 1.84. The van der Waals surface area contributed by atoms with Crippen molar-refractivity contribution in [2.75, 3.05) is 0 Å². The van der Waals surface area contributed by atoms with E-state index in [0.29, 0.717) is 46.2 Å². The van der Waals surface area contributed by atoms with Crippen molar-refractivity contribution in [3.63, 3.8) is 0 Å². The van der Waals surface area contributed by atoms with Crippen molar-refractivity contribution in [2.24, 2.45) is 47.3 Å². The molecule has 5 fully saturated rings. The van der Waals surface area contributed by atoms with Crippen LogP contribution < -0.4 is 0 Å². The smallest absolute Gasteiger partial charge is 0.199 e. The van der Waals surface area contributed by atoms with Crippen LogP contribution in [-0.4, -0.2) is 14.2 Å². The Morgan fingerprint density at radius 3 is 1.91 bits per heavy atom. The van der Waals surface area contributed by atoms with Crippen molar-refractivity contribution < 1.29 is 13.2 Å². The van der Waals surface area contributed by atoms with Gasteiger partial charge in [0, 0.05) is 17.2 Å². The van der Waals surface area contributed by atoms with Crippen molar-refractivity contribution in [3.8, 4) is 0 Å². The number of ketones is 1. The van der Waals surface area contributed by atoms with Gasteiger partial charge in [0.1, 0.15) is 5.78 Å². The van der Waals surface area contributed by atoms with Gasteiger partial charge in [0.25, 0.3) is 0 Å². The predicted octanol–water partition coefficient (Wildman–Crippen LogP) is 2.69. The Balaban J connectivity index is 1.47. The third kappa shape index (κ3) is 1.31. The summed E-state index contributed by atoms with van der Waals surface area (Å²) in [7, 11) is -3.37. The number of carbonyl (C=O) groups is 1. The molecule has 5 aliphatic carbocycles. The zero-order chi connectivity index (χ0) is 15.5. The Morgan fingerprint density at radius 1 is 0.826 bits per heavy atom. The summed E-state index contributed by atoms with van der Waals surface area (Å²) in [6.45, 7) is 0. The van der Waals surface area contributed by atoms with Crippen LogP contribution in [0.5, 0.6) is 0 Å². The fourth-order valence-corrected chi connectivity index (χ4v) is 8.49. The Kier molecular flexibility index (Phi) is 2.14. The van der Waals surface area contributed by atoms with E-state index in [1.165, 1.54) is 0 Å². The molecule has 5 aliphatic rings. The van der Waals surface area contributed by atoms with Crippen LogP contribution >= 0.6 is 0 Å². The van der Waals surface area contributed by atoms with Gasteiger partial charge in [-0.3, -0.25) is 4.79 Å². The van der Waals surface area contributed by atoms with Gasteiger partial charge in [0.05, 0.1) is 4.90 Å². The van der Waals surface area contributed by atoms with Crippen LogP contribution in [0, 0.1) is 47.3 Å². The monoisotopic (exact) mass is 326 g/mol. The molecule has 0 aromatic heterocycles. The number of rotatable bonds is 2. The van der Waals surface area contributed by atoms with E-state index in [-0.39, 0.29) is 11.8 Å². The summed E-state index contributed by atoms with van der Waals surface area (Å²) in [5, 5.41) is 1.59. The molecule has 1 aromatic rings. The standard InChI is InChI=1S/C19H18O3S/c20-19-12-6-10-14(8-23(21,22)9-4-2-1-3-5-9)11-7-13(19)18-16(11)15(10)17(12)18/h1-5,8,10-13,15-18H,6-7H2. The fraction of sp³-hybridized carbons (Fsp3) is 0.526.